The number of rotatable bonds is 7. The number of aromatic hydroxyl groups is 1. The average molecular weight is 316 g/mol. The zero-order valence-electron chi connectivity index (χ0n) is 15.2. The monoisotopic (exact) mass is 316 g/mol. The van der Waals surface area contributed by atoms with E-state index < -0.39 is 0 Å². The van der Waals surface area contributed by atoms with Gasteiger partial charge in [0.2, 0.25) is 0 Å². The Morgan fingerprint density at radius 2 is 2.04 bits per heavy atom. The molecule has 1 aromatic carbocycles. The van der Waals surface area contributed by atoms with E-state index in [1.165, 1.54) is 43.2 Å². The number of aryl methyl sites for hydroxylation is 1. The SMILES string of the molecule is CCCCCc1cc(O)c(C2C=C(C)CCC2)c(OC(C)C)c1. The molecule has 0 aromatic heterocycles. The maximum atomic E-state index is 10.7. The lowest BCUT2D eigenvalue weighted by Crippen LogP contribution is -2.11. The average Bonchev–Trinajstić information content (AvgIpc) is 2.46. The van der Waals surface area contributed by atoms with Crippen LogP contribution in [-0.4, -0.2) is 11.2 Å². The van der Waals surface area contributed by atoms with Crippen LogP contribution in [0.4, 0.5) is 0 Å². The third-order valence-electron chi connectivity index (χ3n) is 4.55. The molecule has 0 saturated heterocycles. The van der Waals surface area contributed by atoms with Gasteiger partial charge in [0, 0.05) is 11.5 Å². The summed E-state index contributed by atoms with van der Waals surface area (Å²) in [6.07, 6.45) is 10.5. The Labute approximate surface area is 141 Å². The van der Waals surface area contributed by atoms with Gasteiger partial charge in [-0.25, -0.2) is 0 Å². The molecule has 1 aliphatic rings. The van der Waals surface area contributed by atoms with Gasteiger partial charge in [-0.15, -0.1) is 0 Å². The molecule has 0 radical (unpaired) electrons. The molecule has 1 unspecified atom stereocenters. The van der Waals surface area contributed by atoms with Crippen molar-refractivity contribution in [1.82, 2.24) is 0 Å². The van der Waals surface area contributed by atoms with Crippen LogP contribution in [-0.2, 0) is 6.42 Å². The van der Waals surface area contributed by atoms with Gasteiger partial charge < -0.3 is 9.84 Å². The third-order valence-corrected chi connectivity index (χ3v) is 4.55. The van der Waals surface area contributed by atoms with Crippen LogP contribution in [0.3, 0.4) is 0 Å². The second-order valence-corrected chi connectivity index (χ2v) is 7.16. The van der Waals surface area contributed by atoms with Crippen LogP contribution in [0.15, 0.2) is 23.8 Å². The predicted octanol–water partition coefficient (Wildman–Crippen LogP) is 6.13. The number of hydrogen-bond acceptors (Lipinski definition) is 2. The molecule has 1 atom stereocenters. The highest BCUT2D eigenvalue weighted by Gasteiger charge is 2.22. The molecule has 2 rings (SSSR count). The van der Waals surface area contributed by atoms with E-state index in [9.17, 15) is 5.11 Å². The highest BCUT2D eigenvalue weighted by Crippen LogP contribution is 2.42. The summed E-state index contributed by atoms with van der Waals surface area (Å²) in [5, 5.41) is 10.7. The Morgan fingerprint density at radius 3 is 2.70 bits per heavy atom. The van der Waals surface area contributed by atoms with Gasteiger partial charge in [0.05, 0.1) is 6.10 Å². The van der Waals surface area contributed by atoms with Crippen LogP contribution in [0.25, 0.3) is 0 Å². The lowest BCUT2D eigenvalue weighted by atomic mass is 9.84. The quantitative estimate of drug-likeness (QED) is 0.484. The number of phenolic OH excluding ortho intramolecular Hbond substituents is 1. The zero-order valence-corrected chi connectivity index (χ0v) is 15.2. The summed E-state index contributed by atoms with van der Waals surface area (Å²) in [7, 11) is 0. The van der Waals surface area contributed by atoms with Crippen LogP contribution < -0.4 is 4.74 Å². The lowest BCUT2D eigenvalue weighted by molar-refractivity contribution is 0.237. The van der Waals surface area contributed by atoms with Crippen LogP contribution in [0.2, 0.25) is 0 Å². The van der Waals surface area contributed by atoms with Gasteiger partial charge in [0.1, 0.15) is 11.5 Å². The second-order valence-electron chi connectivity index (χ2n) is 7.16. The van der Waals surface area contributed by atoms with Gasteiger partial charge in [0.25, 0.3) is 0 Å². The summed E-state index contributed by atoms with van der Waals surface area (Å²) in [4.78, 5) is 0. The fourth-order valence-corrected chi connectivity index (χ4v) is 3.45. The predicted molar refractivity (Wildman–Crippen MR) is 97.4 cm³/mol. The molecule has 0 bridgehead atoms. The minimum Gasteiger partial charge on any atom is -0.507 e. The van der Waals surface area contributed by atoms with E-state index in [4.69, 9.17) is 4.74 Å². The minimum atomic E-state index is 0.118. The molecule has 1 aliphatic carbocycles. The Hall–Kier alpha value is -1.44. The Morgan fingerprint density at radius 1 is 1.26 bits per heavy atom. The van der Waals surface area contributed by atoms with E-state index in [2.05, 4.69) is 26.0 Å². The van der Waals surface area contributed by atoms with Gasteiger partial charge in [-0.05, 0) is 70.6 Å². The van der Waals surface area contributed by atoms with Crippen molar-refractivity contribution in [3.05, 3.63) is 34.9 Å². The molecule has 23 heavy (non-hydrogen) atoms. The summed E-state index contributed by atoms with van der Waals surface area (Å²) in [5.74, 6) is 1.57. The first-order valence-corrected chi connectivity index (χ1v) is 9.21. The number of unbranched alkanes of at least 4 members (excludes halogenated alkanes) is 2. The molecular weight excluding hydrogens is 284 g/mol. The van der Waals surface area contributed by atoms with Crippen molar-refractivity contribution in [1.29, 1.82) is 0 Å². The van der Waals surface area contributed by atoms with Crippen LogP contribution in [0.1, 0.15) is 83.3 Å². The van der Waals surface area contributed by atoms with Gasteiger partial charge >= 0.3 is 0 Å². The summed E-state index contributed by atoms with van der Waals surface area (Å²) in [6.45, 7) is 8.50. The van der Waals surface area contributed by atoms with Crippen molar-refractivity contribution in [2.45, 2.75) is 84.7 Å². The molecule has 0 saturated carbocycles. The Kier molecular flexibility index (Phi) is 6.56. The smallest absolute Gasteiger partial charge is 0.127 e. The van der Waals surface area contributed by atoms with E-state index >= 15 is 0 Å². The number of ether oxygens (including phenoxy) is 1. The largest absolute Gasteiger partial charge is 0.507 e. The van der Waals surface area contributed by atoms with E-state index in [1.54, 1.807) is 0 Å². The number of allylic oxidation sites excluding steroid dienone is 2. The zero-order chi connectivity index (χ0) is 16.8. The van der Waals surface area contributed by atoms with Crippen molar-refractivity contribution in [3.8, 4) is 11.5 Å². The van der Waals surface area contributed by atoms with Gasteiger partial charge in [0.15, 0.2) is 0 Å². The van der Waals surface area contributed by atoms with Crippen molar-refractivity contribution in [2.24, 2.45) is 0 Å². The first-order valence-electron chi connectivity index (χ1n) is 9.21. The molecule has 1 N–H and O–H groups in total. The minimum absolute atomic E-state index is 0.118. The highest BCUT2D eigenvalue weighted by atomic mass is 16.5. The molecule has 128 valence electrons. The number of phenols is 1. The van der Waals surface area contributed by atoms with Crippen LogP contribution in [0, 0.1) is 0 Å². The molecule has 0 fully saturated rings. The van der Waals surface area contributed by atoms with Crippen molar-refractivity contribution < 1.29 is 9.84 Å². The van der Waals surface area contributed by atoms with Crippen LogP contribution in [0.5, 0.6) is 11.5 Å². The Balaban J connectivity index is 2.33. The van der Waals surface area contributed by atoms with Crippen molar-refractivity contribution in [2.75, 3.05) is 0 Å². The van der Waals surface area contributed by atoms with E-state index in [0.29, 0.717) is 5.75 Å². The fourth-order valence-electron chi connectivity index (χ4n) is 3.45. The topological polar surface area (TPSA) is 29.5 Å². The molecule has 0 aliphatic heterocycles. The first-order chi connectivity index (χ1) is 11.0. The van der Waals surface area contributed by atoms with Crippen molar-refractivity contribution >= 4 is 0 Å². The Bertz CT molecular complexity index is 543. The lowest BCUT2D eigenvalue weighted by Gasteiger charge is -2.25. The first kappa shape index (κ1) is 17.9. The third kappa shape index (κ3) is 5.02. The van der Waals surface area contributed by atoms with Gasteiger partial charge in [-0.2, -0.15) is 0 Å². The standard InChI is InChI=1S/C21H32O2/c1-5-6-7-10-17-13-19(22)21(20(14-17)23-15(2)3)18-11-8-9-16(4)12-18/h12-15,18,22H,5-11H2,1-4H3. The molecule has 2 nitrogen and oxygen atoms in total. The van der Waals surface area contributed by atoms with E-state index in [-0.39, 0.29) is 12.0 Å². The second kappa shape index (κ2) is 8.42. The maximum Gasteiger partial charge on any atom is 0.127 e. The summed E-state index contributed by atoms with van der Waals surface area (Å²) >= 11 is 0. The fraction of sp³-hybridized carbons (Fsp3) is 0.619. The summed E-state index contributed by atoms with van der Waals surface area (Å²) < 4.78 is 6.07. The summed E-state index contributed by atoms with van der Waals surface area (Å²) in [5.41, 5.74) is 3.59. The van der Waals surface area contributed by atoms with Gasteiger partial charge in [-0.1, -0.05) is 31.4 Å². The number of hydrogen-bond donors (Lipinski definition) is 1. The molecule has 1 aromatic rings. The molecule has 0 spiro atoms. The summed E-state index contributed by atoms with van der Waals surface area (Å²) in [6, 6.07) is 4.11. The van der Waals surface area contributed by atoms with E-state index in [0.717, 1.165) is 24.2 Å². The maximum absolute atomic E-state index is 10.7. The number of benzene rings is 1. The molecule has 0 heterocycles. The molecule has 2 heteroatoms. The van der Waals surface area contributed by atoms with Gasteiger partial charge in [-0.3, -0.25) is 0 Å². The van der Waals surface area contributed by atoms with Crippen LogP contribution >= 0.6 is 0 Å². The normalized spacial score (nSPS) is 18.1. The molecular formula is C21H32O2. The van der Waals surface area contributed by atoms with Crippen molar-refractivity contribution in [3.63, 3.8) is 0 Å². The molecule has 0 amide bonds. The van der Waals surface area contributed by atoms with E-state index in [1.807, 2.05) is 19.9 Å². The highest BCUT2D eigenvalue weighted by molar-refractivity contribution is 5.51.